The van der Waals surface area contributed by atoms with Gasteiger partial charge >= 0.3 is 0 Å². The van der Waals surface area contributed by atoms with Crippen LogP contribution in [0.1, 0.15) is 339 Å². The third-order valence-corrected chi connectivity index (χ3v) is 24.6. The van der Waals surface area contributed by atoms with E-state index in [4.69, 9.17) is 0 Å². The fourth-order valence-electron chi connectivity index (χ4n) is 16.8. The number of allylic oxidation sites excluding steroid dienone is 38. The molecule has 0 heterocycles. The van der Waals surface area contributed by atoms with Crippen molar-refractivity contribution in [1.82, 2.24) is 31.9 Å². The highest BCUT2D eigenvalue weighted by Gasteiger charge is 2.30. The smallest absolute Gasteiger partial charge is 0.244 e. The van der Waals surface area contributed by atoms with Crippen molar-refractivity contribution in [3.8, 4) is 0 Å². The van der Waals surface area contributed by atoms with Gasteiger partial charge in [-0.15, -0.1) is 0 Å². The van der Waals surface area contributed by atoms with Crippen molar-refractivity contribution in [3.63, 3.8) is 0 Å². The van der Waals surface area contributed by atoms with Gasteiger partial charge < -0.3 is 31.9 Å². The van der Waals surface area contributed by atoms with Crippen LogP contribution in [0.4, 0.5) is 0 Å². The highest BCUT2D eigenvalue weighted by atomic mass is 16.2. The molecule has 0 aromatic rings. The summed E-state index contributed by atoms with van der Waals surface area (Å²) in [6.45, 7) is 50.5. The molecule has 2 atom stereocenters. The number of amides is 6. The standard InChI is InChI=1S/C89H136N6O7.C22H32O/c1-66(47-50-78-72(7)41-31-53-87(78,11)12)34-27-37-69(4)62-77(96)65-76(44-20-26-59-93-84(100)64-71(6)39-29-36-68(3)49-52-80-74(9)43-33-55-89(80,15)16)86(102)95-61-24-18-22-57-91-82(98)46-30-45-81(97)90-56-21-17-23-60-94-85(101)75(10)40-19-25-58-92-83(99)63-70(5)38-28-35-67(2)48-51-79-73(8)42-32-54-88(79,13)14;1-7-20(23)16-18(3)11-8-10-17(2)13-14-21-19(4)12-9-15-22(21,5)6/h27-29,34-39,47-52,62-64,75-76H,17-26,30-33,40-46,53-61,65H2,1-16H3,(H,90,97)(H,91,98)(H,92,99)(H,93,100)(H,94,101)(H,95,102);8,10-11,13-14,16H,7,9,12,15H2,1-6H3/b37-27+,38-28+,39-29+,50-47+,51-48+,52-49+,66-34+,67-35+,68-36+,69-62+,70-63+,71-64+;11-8+,14-13+,17-10+,18-16+. The Bertz CT molecular complexity index is 4220. The summed E-state index contributed by atoms with van der Waals surface area (Å²) in [5, 5.41) is 18.0. The molecule has 0 bridgehead atoms. The summed E-state index contributed by atoms with van der Waals surface area (Å²) < 4.78 is 0. The summed E-state index contributed by atoms with van der Waals surface area (Å²) in [6, 6.07) is 0. The number of ketones is 2. The predicted octanol–water partition coefficient (Wildman–Crippen LogP) is 25.8. The van der Waals surface area contributed by atoms with Crippen LogP contribution in [0.25, 0.3) is 0 Å². The molecule has 0 spiro atoms. The van der Waals surface area contributed by atoms with Gasteiger partial charge in [-0.3, -0.25) is 38.4 Å². The first-order valence-corrected chi connectivity index (χ1v) is 47.5. The van der Waals surface area contributed by atoms with Crippen molar-refractivity contribution in [3.05, 3.63) is 235 Å². The topological polar surface area (TPSA) is 209 Å². The summed E-state index contributed by atoms with van der Waals surface area (Å²) in [7, 11) is 0. The van der Waals surface area contributed by atoms with Crippen LogP contribution in [-0.4, -0.2) is 86.3 Å². The molecule has 4 aliphatic carbocycles. The van der Waals surface area contributed by atoms with Crippen LogP contribution in [0.15, 0.2) is 235 Å². The largest absolute Gasteiger partial charge is 0.356 e. The first-order chi connectivity index (χ1) is 59.1. The zero-order valence-corrected chi connectivity index (χ0v) is 82.0. The van der Waals surface area contributed by atoms with Crippen LogP contribution in [0.3, 0.4) is 0 Å². The van der Waals surface area contributed by atoms with Gasteiger partial charge in [-0.2, -0.15) is 0 Å². The quantitative estimate of drug-likeness (QED) is 0.0196. The Morgan fingerprint density at radius 1 is 0.328 bits per heavy atom. The van der Waals surface area contributed by atoms with Crippen LogP contribution in [0.2, 0.25) is 0 Å². The van der Waals surface area contributed by atoms with Gasteiger partial charge in [-0.1, -0.05) is 248 Å². The van der Waals surface area contributed by atoms with E-state index in [1.165, 1.54) is 114 Å². The molecule has 0 radical (unpaired) electrons. The number of hydrogen-bond acceptors (Lipinski definition) is 8. The molecule has 125 heavy (non-hydrogen) atoms. The van der Waals surface area contributed by atoms with Gasteiger partial charge in [0.05, 0.1) is 0 Å². The van der Waals surface area contributed by atoms with Gasteiger partial charge in [0.15, 0.2) is 11.6 Å². The Hall–Kier alpha value is -9.04. The molecule has 14 heteroatoms. The minimum Gasteiger partial charge on any atom is -0.356 e. The van der Waals surface area contributed by atoms with Crippen LogP contribution in [0, 0.1) is 33.5 Å². The summed E-state index contributed by atoms with van der Waals surface area (Å²) in [5.74, 6) is -1.18. The zero-order valence-electron chi connectivity index (χ0n) is 82.0. The fourth-order valence-corrected chi connectivity index (χ4v) is 16.8. The zero-order chi connectivity index (χ0) is 93.0. The second-order valence-electron chi connectivity index (χ2n) is 38.6. The Morgan fingerprint density at radius 3 is 0.944 bits per heavy atom. The van der Waals surface area contributed by atoms with Crippen molar-refractivity contribution >= 4 is 47.0 Å². The van der Waals surface area contributed by atoms with Gasteiger partial charge in [0.1, 0.15) is 0 Å². The van der Waals surface area contributed by atoms with Crippen LogP contribution in [0.5, 0.6) is 0 Å². The lowest BCUT2D eigenvalue weighted by Crippen LogP contribution is -2.33. The molecule has 6 amide bonds. The SMILES string of the molecule is CC1=C(/C=C/C(C)=C/C=C/C(C)=C/C(=O)CC(CCCCNC(=O)/C=C(C)/C=C/C=C(C)/C=C/C2=C(C)CCCC2(C)C)C(=O)NCCCCCNC(=O)CCCC(=O)NCCCCCNC(=O)C(C)CCCCNC(=O)/C=C(C)/C=C/C=C(C)/C=C/C2=C(C)CCCC2(C)C)C(C)(C)CCC1.CCC(=O)/C=C(C)/C=C/C=C(C)/C=C/C1=C(C)CCCC1(C)C. The Kier molecular flexibility index (Phi) is 52.7. The average molecular weight is 1710 g/mol. The number of rotatable bonds is 51. The van der Waals surface area contributed by atoms with E-state index in [1.54, 1.807) is 24.3 Å². The van der Waals surface area contributed by atoms with E-state index in [1.807, 2.05) is 96.2 Å². The molecule has 2 unspecified atom stereocenters. The monoisotopic (exact) mass is 1710 g/mol. The molecule has 14 nitrogen and oxygen atoms in total. The van der Waals surface area contributed by atoms with Crippen LogP contribution < -0.4 is 31.9 Å². The normalized spacial score (nSPS) is 18.3. The van der Waals surface area contributed by atoms with E-state index < -0.39 is 5.92 Å². The second kappa shape index (κ2) is 59.8. The first kappa shape index (κ1) is 110. The Balaban J connectivity index is 0.00000151. The van der Waals surface area contributed by atoms with Crippen molar-refractivity contribution in [1.29, 1.82) is 0 Å². The van der Waals surface area contributed by atoms with E-state index in [2.05, 4.69) is 210 Å². The Morgan fingerprint density at radius 2 is 0.616 bits per heavy atom. The van der Waals surface area contributed by atoms with Gasteiger partial charge in [-0.05, 0) is 309 Å². The number of carbonyl (C=O) groups is 8. The molecule has 4 aliphatic rings. The van der Waals surface area contributed by atoms with E-state index in [0.717, 1.165) is 103 Å². The molecule has 0 aliphatic heterocycles. The number of nitrogens with one attached hydrogen (secondary N) is 6. The molecule has 0 aromatic carbocycles. The predicted molar refractivity (Wildman–Crippen MR) is 529 cm³/mol. The highest BCUT2D eigenvalue weighted by Crippen LogP contribution is 2.44. The Labute approximate surface area is 759 Å². The van der Waals surface area contributed by atoms with E-state index in [9.17, 15) is 38.4 Å². The van der Waals surface area contributed by atoms with Crippen molar-refractivity contribution < 1.29 is 38.4 Å². The maximum absolute atomic E-state index is 13.7. The second-order valence-corrected chi connectivity index (χ2v) is 38.6. The van der Waals surface area contributed by atoms with Gasteiger partial charge in [0.2, 0.25) is 35.4 Å². The molecule has 6 N–H and O–H groups in total. The lowest BCUT2D eigenvalue weighted by molar-refractivity contribution is -0.128. The highest BCUT2D eigenvalue weighted by molar-refractivity contribution is 5.94. The molecule has 0 saturated heterocycles. The third kappa shape index (κ3) is 47.9. The van der Waals surface area contributed by atoms with Crippen molar-refractivity contribution in [2.75, 3.05) is 39.3 Å². The average Bonchev–Trinajstić information content (AvgIpc) is 0.836. The maximum Gasteiger partial charge on any atom is 0.244 e. The van der Waals surface area contributed by atoms with Crippen molar-refractivity contribution in [2.24, 2.45) is 33.5 Å². The lowest BCUT2D eigenvalue weighted by Gasteiger charge is -2.33. The minimum atomic E-state index is -0.524. The molecule has 0 aromatic heterocycles. The van der Waals surface area contributed by atoms with Crippen LogP contribution >= 0.6 is 0 Å². The van der Waals surface area contributed by atoms with Gasteiger partial charge in [0, 0.05) is 88.9 Å². The van der Waals surface area contributed by atoms with E-state index in [0.29, 0.717) is 77.8 Å². The minimum absolute atomic E-state index is 0.0304. The number of carbonyl (C=O) groups excluding carboxylic acids is 8. The number of hydrogen-bond donors (Lipinski definition) is 6. The maximum atomic E-state index is 13.7. The van der Waals surface area contributed by atoms with Crippen molar-refractivity contribution in [2.45, 2.75) is 339 Å². The fraction of sp³-hybridized carbons (Fsp3) is 0.568. The molecular weight excluding hydrogens is 1550 g/mol. The van der Waals surface area contributed by atoms with E-state index >= 15 is 0 Å². The van der Waals surface area contributed by atoms with Gasteiger partial charge in [-0.25, -0.2) is 0 Å². The summed E-state index contributed by atoms with van der Waals surface area (Å²) in [4.78, 5) is 102. The van der Waals surface area contributed by atoms with E-state index in [-0.39, 0.29) is 93.8 Å². The molecule has 0 saturated carbocycles. The van der Waals surface area contributed by atoms with Gasteiger partial charge in [0.25, 0.3) is 0 Å². The third-order valence-electron chi connectivity index (χ3n) is 24.6. The lowest BCUT2D eigenvalue weighted by atomic mass is 9.72. The summed E-state index contributed by atoms with van der Waals surface area (Å²) in [5.41, 5.74) is 20.7. The van der Waals surface area contributed by atoms with Crippen LogP contribution in [-0.2, 0) is 38.4 Å². The summed E-state index contributed by atoms with van der Waals surface area (Å²) >= 11 is 0. The first-order valence-electron chi connectivity index (χ1n) is 47.5. The number of unbranched alkanes of at least 4 members (excludes halogenated alkanes) is 6. The molecule has 690 valence electrons. The summed E-state index contributed by atoms with van der Waals surface area (Å²) in [6.07, 6.45) is 73.4. The molecule has 0 fully saturated rings. The molecule has 4 rings (SSSR count). The molecular formula is C111H168N6O8.